The fourth-order valence-corrected chi connectivity index (χ4v) is 5.53. The summed E-state index contributed by atoms with van der Waals surface area (Å²) in [5.41, 5.74) is 0. The molecule has 4 aliphatic heterocycles. The summed E-state index contributed by atoms with van der Waals surface area (Å²) in [7, 11) is 0. The summed E-state index contributed by atoms with van der Waals surface area (Å²) in [6.07, 6.45) is -36.2. The van der Waals surface area contributed by atoms with Crippen molar-refractivity contribution >= 4 is 0 Å². The van der Waals surface area contributed by atoms with Gasteiger partial charge in [-0.1, -0.05) is 0 Å². The first-order chi connectivity index (χ1) is 21.3. The lowest BCUT2D eigenvalue weighted by Gasteiger charge is -2.49. The standard InChI is InChI=1S/C24H42O21/c25-1-5-9(29)12(32)14(34)22(40-5)43-18-8(4-28)39-21(38)16(36)20(18)45-24-17(37)19(11(31)7(3-27)42-24)44-23-15(35)13(33)10(30)6(2-26)41-23/h5-38H,1-4H2/t5-,6-,7-,8-,9-,10+,11-,12+,13+,14-,15-,16-,17-,18+,19+,20-,21?,22+,23?,24+/m1/s1. The van der Waals surface area contributed by atoms with E-state index in [2.05, 4.69) is 0 Å². The Balaban J connectivity index is 1.57. The molecular formula is C24H42O21. The van der Waals surface area contributed by atoms with Crippen LogP contribution < -0.4 is 0 Å². The van der Waals surface area contributed by atoms with Gasteiger partial charge in [0.25, 0.3) is 0 Å². The lowest BCUT2D eigenvalue weighted by molar-refractivity contribution is -0.393. The highest BCUT2D eigenvalue weighted by molar-refractivity contribution is 4.98. The molecule has 0 spiro atoms. The van der Waals surface area contributed by atoms with Gasteiger partial charge in [-0.2, -0.15) is 0 Å². The summed E-state index contributed by atoms with van der Waals surface area (Å²) >= 11 is 0. The second kappa shape index (κ2) is 15.6. The van der Waals surface area contributed by atoms with Gasteiger partial charge >= 0.3 is 0 Å². The lowest BCUT2D eigenvalue weighted by atomic mass is 9.95. The molecule has 45 heavy (non-hydrogen) atoms. The fraction of sp³-hybridized carbons (Fsp3) is 1.00. The molecule has 0 aromatic rings. The van der Waals surface area contributed by atoms with Crippen LogP contribution in [0.3, 0.4) is 0 Å². The second-order valence-corrected chi connectivity index (χ2v) is 11.1. The molecular weight excluding hydrogens is 624 g/mol. The summed E-state index contributed by atoms with van der Waals surface area (Å²) in [6.45, 7) is -3.45. The molecule has 0 aromatic carbocycles. The molecule has 0 aliphatic carbocycles. The lowest BCUT2D eigenvalue weighted by Crippen LogP contribution is -2.68. The van der Waals surface area contributed by atoms with Gasteiger partial charge in [0.1, 0.15) is 97.7 Å². The van der Waals surface area contributed by atoms with Crippen molar-refractivity contribution in [3.63, 3.8) is 0 Å². The quantitative estimate of drug-likeness (QED) is 0.103. The first-order valence-electron chi connectivity index (χ1n) is 14.1. The predicted molar refractivity (Wildman–Crippen MR) is 134 cm³/mol. The summed E-state index contributed by atoms with van der Waals surface area (Å²) < 4.78 is 38.1. The molecule has 4 fully saturated rings. The van der Waals surface area contributed by atoms with Crippen molar-refractivity contribution in [1.29, 1.82) is 0 Å². The summed E-state index contributed by atoms with van der Waals surface area (Å²) in [5.74, 6) is 0. The van der Waals surface area contributed by atoms with Gasteiger partial charge in [0.2, 0.25) is 0 Å². The normalized spacial score (nSPS) is 52.9. The SMILES string of the molecule is OC[C@H]1OC(O[C@@H]2[C@@H](O)[C@H](O[C@H]3[C@@H](O[C@@H]4O[C@H](CO)[C@@H](O)[C@H](O)[C@H]4O)[C@@H](CO)OC(O)[C@@H]3O)O[C@H](CO)[C@H]2O)[C@H](O)[C@@H](O)[C@H]1O. The van der Waals surface area contributed by atoms with Gasteiger partial charge in [-0.15, -0.1) is 0 Å². The van der Waals surface area contributed by atoms with E-state index in [1.807, 2.05) is 0 Å². The van der Waals surface area contributed by atoms with Crippen LogP contribution in [0.15, 0.2) is 0 Å². The molecule has 4 rings (SSSR count). The van der Waals surface area contributed by atoms with Crippen molar-refractivity contribution in [3.05, 3.63) is 0 Å². The Labute approximate surface area is 254 Å². The second-order valence-electron chi connectivity index (χ2n) is 11.1. The van der Waals surface area contributed by atoms with E-state index in [0.29, 0.717) is 0 Å². The van der Waals surface area contributed by atoms with Crippen LogP contribution in [-0.4, -0.2) is 221 Å². The molecule has 264 valence electrons. The largest absolute Gasteiger partial charge is 0.394 e. The van der Waals surface area contributed by atoms with Crippen LogP contribution in [0, 0.1) is 0 Å². The van der Waals surface area contributed by atoms with Gasteiger partial charge in [0.05, 0.1) is 26.4 Å². The molecule has 0 radical (unpaired) electrons. The number of aliphatic hydroxyl groups is 14. The Morgan fingerprint density at radius 2 is 0.711 bits per heavy atom. The number of hydrogen-bond acceptors (Lipinski definition) is 21. The molecule has 0 aromatic heterocycles. The zero-order valence-electron chi connectivity index (χ0n) is 23.5. The average Bonchev–Trinajstić information content (AvgIpc) is 3.03. The maximum atomic E-state index is 11.1. The summed E-state index contributed by atoms with van der Waals surface area (Å²) in [4.78, 5) is 0. The summed E-state index contributed by atoms with van der Waals surface area (Å²) in [6, 6.07) is 0. The number of hydrogen-bond donors (Lipinski definition) is 14. The van der Waals surface area contributed by atoms with Gasteiger partial charge in [-0.25, -0.2) is 0 Å². The molecule has 21 heteroatoms. The van der Waals surface area contributed by atoms with E-state index in [1.54, 1.807) is 0 Å². The minimum Gasteiger partial charge on any atom is -0.394 e. The van der Waals surface area contributed by atoms with Crippen LogP contribution in [0.2, 0.25) is 0 Å². The van der Waals surface area contributed by atoms with Crippen molar-refractivity contribution in [3.8, 4) is 0 Å². The van der Waals surface area contributed by atoms with Gasteiger partial charge in [-0.05, 0) is 0 Å². The molecule has 0 amide bonds. The number of aliphatic hydroxyl groups excluding tert-OH is 14. The van der Waals surface area contributed by atoms with Crippen molar-refractivity contribution in [2.45, 2.75) is 123 Å². The van der Waals surface area contributed by atoms with Crippen molar-refractivity contribution < 1.29 is 105 Å². The fourth-order valence-electron chi connectivity index (χ4n) is 5.53. The van der Waals surface area contributed by atoms with Crippen LogP contribution in [0.1, 0.15) is 0 Å². The zero-order valence-corrected chi connectivity index (χ0v) is 23.5. The third-order valence-corrected chi connectivity index (χ3v) is 8.21. The minimum absolute atomic E-state index is 0.819. The molecule has 0 saturated carbocycles. The van der Waals surface area contributed by atoms with E-state index in [-0.39, 0.29) is 0 Å². The van der Waals surface area contributed by atoms with E-state index in [0.717, 1.165) is 0 Å². The highest BCUT2D eigenvalue weighted by atomic mass is 16.8. The van der Waals surface area contributed by atoms with Crippen molar-refractivity contribution in [1.82, 2.24) is 0 Å². The predicted octanol–water partition coefficient (Wildman–Crippen LogP) is -9.75. The van der Waals surface area contributed by atoms with E-state index in [4.69, 9.17) is 33.2 Å². The zero-order chi connectivity index (χ0) is 33.3. The highest BCUT2D eigenvalue weighted by Crippen LogP contribution is 2.34. The van der Waals surface area contributed by atoms with Crippen LogP contribution >= 0.6 is 0 Å². The van der Waals surface area contributed by atoms with Gasteiger partial charge in [0, 0.05) is 0 Å². The monoisotopic (exact) mass is 666 g/mol. The van der Waals surface area contributed by atoms with Crippen LogP contribution in [0.4, 0.5) is 0 Å². The smallest absolute Gasteiger partial charge is 0.187 e. The third-order valence-electron chi connectivity index (χ3n) is 8.21. The van der Waals surface area contributed by atoms with E-state index >= 15 is 0 Å². The Bertz CT molecular complexity index is 914. The highest BCUT2D eigenvalue weighted by Gasteiger charge is 2.55. The maximum absolute atomic E-state index is 11.1. The topological polar surface area (TPSA) is 348 Å². The van der Waals surface area contributed by atoms with Gasteiger partial charge < -0.3 is 105 Å². The molecule has 21 nitrogen and oxygen atoms in total. The molecule has 4 heterocycles. The molecule has 14 N–H and O–H groups in total. The minimum atomic E-state index is -2.07. The molecule has 20 atom stereocenters. The first-order valence-corrected chi connectivity index (χ1v) is 14.1. The van der Waals surface area contributed by atoms with Gasteiger partial charge in [-0.3, -0.25) is 0 Å². The van der Waals surface area contributed by atoms with Crippen molar-refractivity contribution in [2.75, 3.05) is 26.4 Å². The molecule has 4 aliphatic rings. The Kier molecular flexibility index (Phi) is 12.8. The van der Waals surface area contributed by atoms with Gasteiger partial charge in [0.15, 0.2) is 25.2 Å². The summed E-state index contributed by atoms with van der Waals surface area (Å²) in [5, 5.41) is 143. The Morgan fingerprint density at radius 3 is 1.16 bits per heavy atom. The Hall–Kier alpha value is -0.840. The molecule has 0 bridgehead atoms. The van der Waals surface area contributed by atoms with Crippen molar-refractivity contribution in [2.24, 2.45) is 0 Å². The van der Waals surface area contributed by atoms with Crippen LogP contribution in [0.5, 0.6) is 0 Å². The molecule has 2 unspecified atom stereocenters. The van der Waals surface area contributed by atoms with E-state index in [1.165, 1.54) is 0 Å². The number of rotatable bonds is 10. The van der Waals surface area contributed by atoms with Crippen LogP contribution in [0.25, 0.3) is 0 Å². The number of ether oxygens (including phenoxy) is 7. The third kappa shape index (κ3) is 7.44. The Morgan fingerprint density at radius 1 is 0.333 bits per heavy atom. The van der Waals surface area contributed by atoms with E-state index < -0.39 is 149 Å². The van der Waals surface area contributed by atoms with Crippen LogP contribution in [-0.2, 0) is 33.2 Å². The van der Waals surface area contributed by atoms with E-state index in [9.17, 15) is 71.5 Å². The maximum Gasteiger partial charge on any atom is 0.187 e. The first kappa shape index (κ1) is 37.0. The average molecular weight is 667 g/mol. The molecule has 4 saturated heterocycles.